The van der Waals surface area contributed by atoms with Gasteiger partial charge in [-0.25, -0.2) is 10.2 Å². The van der Waals surface area contributed by atoms with E-state index in [-0.39, 0.29) is 53.4 Å². The van der Waals surface area contributed by atoms with Crippen molar-refractivity contribution in [2.24, 2.45) is 0 Å². The van der Waals surface area contributed by atoms with Gasteiger partial charge in [0.05, 0.1) is 23.2 Å². The van der Waals surface area contributed by atoms with Crippen LogP contribution >= 0.6 is 0 Å². The Balaban J connectivity index is 1.06. The lowest BCUT2D eigenvalue weighted by molar-refractivity contribution is -0.316. The van der Waals surface area contributed by atoms with Gasteiger partial charge in [0.25, 0.3) is 11.6 Å². The minimum Gasteiger partial charge on any atom is -0.488 e. The zero-order chi connectivity index (χ0) is 52.3. The number of nitrogens with one attached hydrogen (secondary N) is 1. The lowest BCUT2D eigenvalue weighted by Gasteiger charge is -2.45. The number of pyridine rings is 2. The molecule has 1 unspecified atom stereocenters. The number of benzene rings is 6. The van der Waals surface area contributed by atoms with E-state index in [0.717, 1.165) is 48.2 Å². The Kier molecular flexibility index (Phi) is 13.8. The zero-order valence-corrected chi connectivity index (χ0v) is 38.7. The van der Waals surface area contributed by atoms with Crippen molar-refractivity contribution in [1.29, 1.82) is 0 Å². The van der Waals surface area contributed by atoms with Crippen molar-refractivity contribution in [2.75, 3.05) is 0 Å². The van der Waals surface area contributed by atoms with Crippen LogP contribution in [0.4, 0.5) is 51.1 Å². The number of aryl methyl sites for hydroxylation is 2. The normalized spacial score (nSPS) is 15.5. The minimum atomic E-state index is -6.37. The first-order valence-electron chi connectivity index (χ1n) is 22.9. The highest BCUT2D eigenvalue weighted by atomic mass is 19.4. The van der Waals surface area contributed by atoms with Gasteiger partial charge >= 0.3 is 30.0 Å². The molecule has 2 aromatic heterocycles. The second-order valence-electron chi connectivity index (χ2n) is 17.3. The van der Waals surface area contributed by atoms with E-state index in [4.69, 9.17) is 9.47 Å². The molecule has 0 amide bonds. The maximum absolute atomic E-state index is 16.0. The van der Waals surface area contributed by atoms with Gasteiger partial charge in [0, 0.05) is 23.3 Å². The molecule has 74 heavy (non-hydrogen) atoms. The molecule has 6 aromatic carbocycles. The van der Waals surface area contributed by atoms with Crippen molar-refractivity contribution in [3.05, 3.63) is 228 Å². The fourth-order valence-corrected chi connectivity index (χ4v) is 9.03. The number of nitrogens with zero attached hydrogens (tertiary/aromatic N) is 3. The molecule has 0 radical (unpaired) electrons. The molecule has 8 aromatic rings. The number of carboxylic acid groups (broad SMARTS) is 1. The van der Waals surface area contributed by atoms with Gasteiger partial charge in [-0.1, -0.05) is 127 Å². The Morgan fingerprint density at radius 1 is 0.500 bits per heavy atom. The Labute approximate surface area is 418 Å². The molecule has 9 rings (SSSR count). The number of aromatic nitrogens is 2. The van der Waals surface area contributed by atoms with E-state index >= 15 is 26.3 Å². The van der Waals surface area contributed by atoms with E-state index in [2.05, 4.69) is 27.5 Å². The molecule has 17 heteroatoms. The summed E-state index contributed by atoms with van der Waals surface area (Å²) >= 11 is 0. The fraction of sp³-hybridized carbons (Fsp3) is 0.140. The van der Waals surface area contributed by atoms with Crippen LogP contribution in [-0.4, -0.2) is 38.9 Å². The number of carbonyl (C=O) groups is 1. The number of aliphatic carboxylic acids is 1. The van der Waals surface area contributed by atoms with Crippen molar-refractivity contribution in [1.82, 2.24) is 20.0 Å². The topological polar surface area (TPSA) is 93.6 Å². The molecule has 1 aliphatic heterocycles. The number of rotatable bonds is 15. The summed E-state index contributed by atoms with van der Waals surface area (Å²) in [5.41, 5.74) is -0.941. The van der Waals surface area contributed by atoms with Crippen LogP contribution in [0.2, 0.25) is 0 Å². The van der Waals surface area contributed by atoms with E-state index in [1.54, 1.807) is 60.7 Å². The summed E-state index contributed by atoms with van der Waals surface area (Å²) < 4.78 is 145. The highest BCUT2D eigenvalue weighted by Crippen LogP contribution is 2.61. The van der Waals surface area contributed by atoms with Crippen molar-refractivity contribution in [3.63, 3.8) is 0 Å². The second-order valence-corrected chi connectivity index (χ2v) is 17.3. The van der Waals surface area contributed by atoms with Gasteiger partial charge in [-0.3, -0.25) is 0 Å². The quantitative estimate of drug-likeness (QED) is 0.0780. The van der Waals surface area contributed by atoms with Gasteiger partial charge in [-0.15, -0.1) is 4.59 Å². The average Bonchev–Trinajstić information content (AvgIpc) is 3.82. The summed E-state index contributed by atoms with van der Waals surface area (Å²) in [6.07, 6.45) is -15.4. The number of hydrogen-bond donors (Lipinski definition) is 2. The molecule has 0 fully saturated rings. The van der Waals surface area contributed by atoms with Gasteiger partial charge in [0.1, 0.15) is 30.3 Å². The van der Waals surface area contributed by atoms with Crippen LogP contribution in [0, 0.1) is 0 Å². The summed E-state index contributed by atoms with van der Waals surface area (Å²) in [6.45, 7) is -0.0412. The predicted molar refractivity (Wildman–Crippen MR) is 260 cm³/mol. The summed E-state index contributed by atoms with van der Waals surface area (Å²) in [5, 5.41) is 10.2. The number of ether oxygens (including phenoxy) is 2. The molecule has 8 nitrogen and oxygen atoms in total. The number of hydrogen-bond acceptors (Lipinski definition) is 6. The maximum atomic E-state index is 16.0. The van der Waals surface area contributed by atoms with Crippen molar-refractivity contribution < 1.29 is 58.9 Å². The molecule has 376 valence electrons. The molecule has 0 saturated carbocycles. The lowest BCUT2D eigenvalue weighted by Crippen LogP contribution is -2.78. The van der Waals surface area contributed by atoms with Gasteiger partial charge < -0.3 is 14.6 Å². The van der Waals surface area contributed by atoms with Gasteiger partial charge in [-0.2, -0.15) is 49.5 Å². The SMILES string of the molecule is O=C(O)C1=CN[N+](c2cccc(-c3ccccc3OCc3ccc(CCc4ccccc4)cc3)n2)(c2cccc(-c3ccccc3OCc3ccc(-c4ccc(C(F)(F)F)cc4)cc3)n2)C1(C(F)(F)F)C(F)(F)F. The summed E-state index contributed by atoms with van der Waals surface area (Å²) in [7, 11) is 0. The van der Waals surface area contributed by atoms with E-state index < -0.39 is 57.4 Å². The molecular formula is C57H42F9N4O4+. The second kappa shape index (κ2) is 20.2. The lowest BCUT2D eigenvalue weighted by atomic mass is 9.86. The summed E-state index contributed by atoms with van der Waals surface area (Å²) in [6, 6.07) is 48.7. The molecule has 0 aliphatic carbocycles. The largest absolute Gasteiger partial charge is 0.488 e. The molecule has 0 saturated heterocycles. The standard InChI is InChI=1S/C57H41F9N4O4/c58-55(59,60)43-32-30-42(31-33-43)41-28-26-40(27-29-41)36-74-50-17-7-5-13-45(50)48-15-9-19-52(69-48)70(54(56(61,62)63,57(64,65)66)46(34-67-70)53(71)72)51-18-8-14-47(68-51)44-12-4-6-16-49(44)73-35-39-24-22-38(23-25-39)21-20-37-10-2-1-3-11-37/h1-19,22-34,67H,20-21,35-36H2/p+1. The van der Waals surface area contributed by atoms with Crippen molar-refractivity contribution >= 4 is 17.6 Å². The number of halogens is 9. The third kappa shape index (κ3) is 9.77. The van der Waals surface area contributed by atoms with Crippen LogP contribution in [-0.2, 0) is 37.0 Å². The zero-order valence-electron chi connectivity index (χ0n) is 38.7. The Hall–Kier alpha value is -8.44. The van der Waals surface area contributed by atoms with E-state index in [9.17, 15) is 23.1 Å². The average molecular weight is 1020 g/mol. The van der Waals surface area contributed by atoms with Crippen LogP contribution < -0.4 is 19.5 Å². The molecular weight excluding hydrogens is 976 g/mol. The summed E-state index contributed by atoms with van der Waals surface area (Å²) in [5.74, 6) is -4.00. The van der Waals surface area contributed by atoms with Crippen molar-refractivity contribution in [2.45, 2.75) is 50.1 Å². The monoisotopic (exact) mass is 1020 g/mol. The van der Waals surface area contributed by atoms with Crippen LogP contribution in [0.5, 0.6) is 11.5 Å². The summed E-state index contributed by atoms with van der Waals surface area (Å²) in [4.78, 5) is 21.7. The Bertz CT molecular complexity index is 3300. The van der Waals surface area contributed by atoms with E-state index in [1.807, 2.05) is 42.5 Å². The molecule has 0 bridgehead atoms. The van der Waals surface area contributed by atoms with Crippen LogP contribution in [0.15, 0.2) is 200 Å². The third-order valence-corrected chi connectivity index (χ3v) is 12.7. The molecule has 1 aliphatic rings. The first-order chi connectivity index (χ1) is 35.4. The number of carboxylic acids is 1. The van der Waals surface area contributed by atoms with Crippen molar-refractivity contribution in [3.8, 4) is 45.1 Å². The highest BCUT2D eigenvalue weighted by Gasteiger charge is 2.90. The Morgan fingerprint density at radius 2 is 0.919 bits per heavy atom. The molecule has 3 heterocycles. The van der Waals surface area contributed by atoms with Crippen LogP contribution in [0.25, 0.3) is 33.6 Å². The molecule has 0 spiro atoms. The number of quaternary nitrogens is 1. The first kappa shape index (κ1) is 50.5. The Morgan fingerprint density at radius 3 is 1.38 bits per heavy atom. The van der Waals surface area contributed by atoms with Crippen LogP contribution in [0.3, 0.4) is 0 Å². The number of alkyl halides is 9. The number of para-hydroxylation sites is 2. The molecule has 1 atom stereocenters. The highest BCUT2D eigenvalue weighted by molar-refractivity contribution is 5.93. The smallest absolute Gasteiger partial charge is 0.462 e. The predicted octanol–water partition coefficient (Wildman–Crippen LogP) is 14.4. The van der Waals surface area contributed by atoms with E-state index in [0.29, 0.717) is 16.7 Å². The van der Waals surface area contributed by atoms with Gasteiger partial charge in [0.15, 0.2) is 0 Å². The van der Waals surface area contributed by atoms with E-state index in [1.165, 1.54) is 54.1 Å². The molecule has 2 N–H and O–H groups in total. The minimum absolute atomic E-state index is 0.0500. The van der Waals surface area contributed by atoms with Gasteiger partial charge in [0.2, 0.25) is 0 Å². The fourth-order valence-electron chi connectivity index (χ4n) is 9.03. The third-order valence-electron chi connectivity index (χ3n) is 12.7. The van der Waals surface area contributed by atoms with Gasteiger partial charge in [-0.05, 0) is 94.8 Å². The first-order valence-corrected chi connectivity index (χ1v) is 22.9. The maximum Gasteiger partial charge on any atom is 0.462 e. The van der Waals surface area contributed by atoms with Crippen LogP contribution in [0.1, 0.15) is 27.8 Å².